The summed E-state index contributed by atoms with van der Waals surface area (Å²) in [5, 5.41) is 2.09. The number of hydrogen-bond donors (Lipinski definition) is 1. The van der Waals surface area contributed by atoms with Gasteiger partial charge in [-0.1, -0.05) is 0 Å². The van der Waals surface area contributed by atoms with Gasteiger partial charge in [0.05, 0.1) is 3.79 Å². The van der Waals surface area contributed by atoms with E-state index < -0.39 is 0 Å². The van der Waals surface area contributed by atoms with Gasteiger partial charge in [-0.15, -0.1) is 11.3 Å². The fourth-order valence-corrected chi connectivity index (χ4v) is 3.01. The number of nitrogens with zero attached hydrogens (tertiary/aromatic N) is 6. The van der Waals surface area contributed by atoms with Crippen LogP contribution in [0.2, 0.25) is 0 Å². The average molecular weight is 366 g/mol. The first-order valence-corrected chi connectivity index (χ1v) is 7.73. The molecular weight excluding hydrogens is 354 g/mol. The number of rotatable bonds is 4. The molecule has 3 rings (SSSR count). The van der Waals surface area contributed by atoms with Gasteiger partial charge < -0.3 is 10.6 Å². The lowest BCUT2D eigenvalue weighted by atomic mass is 10.3. The Hall–Kier alpha value is -2.00. The summed E-state index contributed by atoms with van der Waals surface area (Å²) in [5.74, 6) is 1.16. The monoisotopic (exact) mass is 365 g/mol. The number of nitrogens with two attached hydrogens (primary N) is 1. The van der Waals surface area contributed by atoms with E-state index in [0.717, 1.165) is 3.79 Å². The first kappa shape index (κ1) is 14.0. The van der Waals surface area contributed by atoms with Crippen LogP contribution in [-0.4, -0.2) is 31.6 Å². The molecule has 0 aliphatic rings. The van der Waals surface area contributed by atoms with E-state index in [-0.39, 0.29) is 5.95 Å². The van der Waals surface area contributed by atoms with Crippen LogP contribution in [0.5, 0.6) is 0 Å². The molecule has 108 valence electrons. The zero-order valence-electron chi connectivity index (χ0n) is 11.1. The van der Waals surface area contributed by atoms with E-state index in [9.17, 15) is 0 Å². The summed E-state index contributed by atoms with van der Waals surface area (Å²) < 4.78 is 2.79. The third-order valence-electron chi connectivity index (χ3n) is 2.75. The van der Waals surface area contributed by atoms with E-state index >= 15 is 0 Å². The van der Waals surface area contributed by atoms with Crippen LogP contribution in [-0.2, 0) is 6.54 Å². The predicted molar refractivity (Wildman–Crippen MR) is 85.5 cm³/mol. The Kier molecular flexibility index (Phi) is 3.84. The van der Waals surface area contributed by atoms with Crippen molar-refractivity contribution in [3.05, 3.63) is 39.5 Å². The second kappa shape index (κ2) is 5.78. The number of imidazole rings is 1. The maximum atomic E-state index is 5.77. The molecule has 7 nitrogen and oxygen atoms in total. The van der Waals surface area contributed by atoms with E-state index in [0.29, 0.717) is 18.4 Å². The molecule has 3 heterocycles. The van der Waals surface area contributed by atoms with Crippen molar-refractivity contribution < 1.29 is 0 Å². The number of halogens is 1. The Morgan fingerprint density at radius 3 is 2.90 bits per heavy atom. The molecule has 3 aromatic rings. The smallest absolute Gasteiger partial charge is 0.241 e. The van der Waals surface area contributed by atoms with E-state index in [1.54, 1.807) is 34.6 Å². The molecule has 0 saturated heterocycles. The molecule has 0 fully saturated rings. The SMILES string of the molecule is CN(Cc1csc(Br)c1)c1nc(N)nc(-n2ccnc2)n1. The first-order chi connectivity index (χ1) is 10.1. The van der Waals surface area contributed by atoms with E-state index in [1.165, 1.54) is 5.56 Å². The molecule has 21 heavy (non-hydrogen) atoms. The third kappa shape index (κ3) is 3.19. The van der Waals surface area contributed by atoms with Crippen LogP contribution in [0.25, 0.3) is 5.95 Å². The summed E-state index contributed by atoms with van der Waals surface area (Å²) >= 11 is 5.10. The normalized spacial score (nSPS) is 10.8. The summed E-state index contributed by atoms with van der Waals surface area (Å²) in [6.45, 7) is 0.689. The predicted octanol–water partition coefficient (Wildman–Crippen LogP) is 2.10. The summed E-state index contributed by atoms with van der Waals surface area (Å²) in [6, 6.07) is 2.07. The summed E-state index contributed by atoms with van der Waals surface area (Å²) in [6.07, 6.45) is 5.04. The van der Waals surface area contributed by atoms with Crippen molar-refractivity contribution in [3.8, 4) is 5.95 Å². The fraction of sp³-hybridized carbons (Fsp3) is 0.167. The Morgan fingerprint density at radius 2 is 2.24 bits per heavy atom. The van der Waals surface area contributed by atoms with Crippen LogP contribution in [0.1, 0.15) is 5.56 Å². The molecule has 0 unspecified atom stereocenters. The minimum Gasteiger partial charge on any atom is -0.368 e. The number of hydrogen-bond acceptors (Lipinski definition) is 7. The van der Waals surface area contributed by atoms with Gasteiger partial charge in [0.1, 0.15) is 6.33 Å². The first-order valence-electron chi connectivity index (χ1n) is 6.06. The van der Waals surface area contributed by atoms with Crippen molar-refractivity contribution in [2.45, 2.75) is 6.54 Å². The maximum absolute atomic E-state index is 5.77. The van der Waals surface area contributed by atoms with Crippen LogP contribution < -0.4 is 10.6 Å². The largest absolute Gasteiger partial charge is 0.368 e. The molecule has 9 heteroatoms. The zero-order valence-corrected chi connectivity index (χ0v) is 13.5. The van der Waals surface area contributed by atoms with Gasteiger partial charge in [-0.25, -0.2) is 4.98 Å². The molecule has 0 amide bonds. The Labute approximate surface area is 133 Å². The molecular formula is C12H12BrN7S. The molecule has 0 aromatic carbocycles. The highest BCUT2D eigenvalue weighted by molar-refractivity contribution is 9.11. The van der Waals surface area contributed by atoms with E-state index in [4.69, 9.17) is 5.73 Å². The third-order valence-corrected chi connectivity index (χ3v) is 4.30. The highest BCUT2D eigenvalue weighted by atomic mass is 79.9. The number of anilines is 2. The van der Waals surface area contributed by atoms with Crippen molar-refractivity contribution in [2.24, 2.45) is 0 Å². The van der Waals surface area contributed by atoms with E-state index in [2.05, 4.69) is 47.3 Å². The molecule has 0 spiro atoms. The fourth-order valence-electron chi connectivity index (χ4n) is 1.81. The molecule has 0 aliphatic heterocycles. The summed E-state index contributed by atoms with van der Waals surface area (Å²) in [5.41, 5.74) is 6.95. The van der Waals surface area contributed by atoms with Gasteiger partial charge in [-0.05, 0) is 32.9 Å². The lowest BCUT2D eigenvalue weighted by Gasteiger charge is -2.17. The van der Waals surface area contributed by atoms with Gasteiger partial charge in [-0.2, -0.15) is 15.0 Å². The lowest BCUT2D eigenvalue weighted by molar-refractivity contribution is 0.828. The van der Waals surface area contributed by atoms with Crippen LogP contribution in [0, 0.1) is 0 Å². The number of nitrogen functional groups attached to an aromatic ring is 1. The topological polar surface area (TPSA) is 85.8 Å². The quantitative estimate of drug-likeness (QED) is 0.761. The Morgan fingerprint density at radius 1 is 1.38 bits per heavy atom. The number of aromatic nitrogens is 5. The second-order valence-corrected chi connectivity index (χ2v) is 6.67. The highest BCUT2D eigenvalue weighted by Crippen LogP contribution is 2.22. The second-order valence-electron chi connectivity index (χ2n) is 4.38. The molecule has 0 bridgehead atoms. The molecule has 3 aromatic heterocycles. The van der Waals surface area contributed by atoms with Crippen molar-refractivity contribution in [1.82, 2.24) is 24.5 Å². The van der Waals surface area contributed by atoms with Crippen molar-refractivity contribution >= 4 is 39.2 Å². The standard InChI is InChI=1S/C12H12BrN7S/c1-19(5-8-4-9(13)21-6-8)11-16-10(14)17-12(18-11)20-3-2-15-7-20/h2-4,6-7H,5H2,1H3,(H2,14,16,17,18). The van der Waals surface area contributed by atoms with Gasteiger partial charge in [0, 0.05) is 26.0 Å². The molecule has 0 saturated carbocycles. The molecule has 0 atom stereocenters. The lowest BCUT2D eigenvalue weighted by Crippen LogP contribution is -2.21. The van der Waals surface area contributed by atoms with Gasteiger partial charge in [-0.3, -0.25) is 4.57 Å². The van der Waals surface area contributed by atoms with Gasteiger partial charge >= 0.3 is 0 Å². The van der Waals surface area contributed by atoms with Crippen molar-refractivity contribution in [1.29, 1.82) is 0 Å². The molecule has 2 N–H and O–H groups in total. The van der Waals surface area contributed by atoms with Crippen molar-refractivity contribution in [2.75, 3.05) is 17.7 Å². The Bertz CT molecular complexity index is 740. The molecule has 0 radical (unpaired) electrons. The Balaban J connectivity index is 1.87. The number of thiophene rings is 1. The van der Waals surface area contributed by atoms with Gasteiger partial charge in [0.25, 0.3) is 0 Å². The van der Waals surface area contributed by atoms with Crippen LogP contribution in [0.4, 0.5) is 11.9 Å². The minimum absolute atomic E-state index is 0.182. The van der Waals surface area contributed by atoms with E-state index in [1.807, 2.05) is 11.9 Å². The van der Waals surface area contributed by atoms with Gasteiger partial charge in [0.2, 0.25) is 17.8 Å². The zero-order chi connectivity index (χ0) is 14.8. The highest BCUT2D eigenvalue weighted by Gasteiger charge is 2.11. The van der Waals surface area contributed by atoms with Crippen LogP contribution >= 0.6 is 27.3 Å². The van der Waals surface area contributed by atoms with Crippen LogP contribution in [0.3, 0.4) is 0 Å². The molecule has 0 aliphatic carbocycles. The average Bonchev–Trinajstić information content (AvgIpc) is 3.10. The summed E-state index contributed by atoms with van der Waals surface area (Å²) in [7, 11) is 1.91. The minimum atomic E-state index is 0.182. The summed E-state index contributed by atoms with van der Waals surface area (Å²) in [4.78, 5) is 18.6. The maximum Gasteiger partial charge on any atom is 0.241 e. The van der Waals surface area contributed by atoms with Gasteiger partial charge in [0.15, 0.2) is 0 Å². The van der Waals surface area contributed by atoms with Crippen LogP contribution in [0.15, 0.2) is 34.0 Å². The van der Waals surface area contributed by atoms with Crippen molar-refractivity contribution in [3.63, 3.8) is 0 Å².